The van der Waals surface area contributed by atoms with E-state index in [-0.39, 0.29) is 5.82 Å². The molecule has 0 aliphatic carbocycles. The van der Waals surface area contributed by atoms with Crippen LogP contribution in [0, 0.1) is 5.82 Å². The number of nitrogens with one attached hydrogen (secondary N) is 1. The molecule has 0 amide bonds. The van der Waals surface area contributed by atoms with Gasteiger partial charge in [-0.25, -0.2) is 9.37 Å². The molecule has 0 aliphatic rings. The fourth-order valence-electron chi connectivity index (χ4n) is 1.21. The van der Waals surface area contributed by atoms with E-state index in [2.05, 4.69) is 17.2 Å². The largest absolute Gasteiger partial charge is 0.368 e. The van der Waals surface area contributed by atoms with E-state index in [9.17, 15) is 4.39 Å². The summed E-state index contributed by atoms with van der Waals surface area (Å²) in [5.74, 6) is 0.390. The zero-order valence-electron chi connectivity index (χ0n) is 8.33. The van der Waals surface area contributed by atoms with Crippen molar-refractivity contribution in [3.8, 4) is 0 Å². The highest BCUT2D eigenvalue weighted by atomic mass is 19.1. The summed E-state index contributed by atoms with van der Waals surface area (Å²) in [6.07, 6.45) is 3.18. The number of pyridine rings is 1. The quantitative estimate of drug-likeness (QED) is 0.756. The van der Waals surface area contributed by atoms with Gasteiger partial charge in [0.25, 0.3) is 0 Å². The fourth-order valence-corrected chi connectivity index (χ4v) is 1.21. The van der Waals surface area contributed by atoms with Gasteiger partial charge < -0.3 is 11.1 Å². The Morgan fingerprint density at radius 1 is 1.57 bits per heavy atom. The molecule has 1 heterocycles. The standard InChI is InChI=1S/C10H16FN3/c1-8(3-2-6-12)14-10-5-4-9(11)7-13-10/h4-5,7-8H,2-3,6,12H2,1H3,(H,13,14). The SMILES string of the molecule is CC(CCCN)Nc1ccc(F)cn1. The van der Waals surface area contributed by atoms with Gasteiger partial charge in [-0.2, -0.15) is 0 Å². The van der Waals surface area contributed by atoms with Crippen LogP contribution in [0.2, 0.25) is 0 Å². The maximum absolute atomic E-state index is 12.5. The second-order valence-corrected chi connectivity index (χ2v) is 3.34. The lowest BCUT2D eigenvalue weighted by molar-refractivity contribution is 0.620. The molecule has 0 aromatic carbocycles. The first-order chi connectivity index (χ1) is 6.72. The third kappa shape index (κ3) is 3.70. The molecular weight excluding hydrogens is 181 g/mol. The fraction of sp³-hybridized carbons (Fsp3) is 0.500. The zero-order valence-corrected chi connectivity index (χ0v) is 8.33. The maximum atomic E-state index is 12.5. The summed E-state index contributed by atoms with van der Waals surface area (Å²) in [5.41, 5.74) is 5.40. The molecule has 1 rings (SSSR count). The minimum Gasteiger partial charge on any atom is -0.368 e. The van der Waals surface area contributed by atoms with E-state index >= 15 is 0 Å². The van der Waals surface area contributed by atoms with Crippen LogP contribution in [0.3, 0.4) is 0 Å². The van der Waals surface area contributed by atoms with Gasteiger partial charge in [0.1, 0.15) is 11.6 Å². The van der Waals surface area contributed by atoms with Crippen molar-refractivity contribution in [1.29, 1.82) is 0 Å². The van der Waals surface area contributed by atoms with Gasteiger partial charge in [-0.15, -0.1) is 0 Å². The molecule has 0 spiro atoms. The molecule has 1 aromatic heterocycles. The molecule has 3 N–H and O–H groups in total. The summed E-state index contributed by atoms with van der Waals surface area (Å²) in [6, 6.07) is 3.34. The average Bonchev–Trinajstić information content (AvgIpc) is 2.18. The molecule has 1 unspecified atom stereocenters. The molecule has 0 saturated heterocycles. The molecular formula is C10H16FN3. The van der Waals surface area contributed by atoms with E-state index < -0.39 is 0 Å². The highest BCUT2D eigenvalue weighted by molar-refractivity contribution is 5.34. The summed E-state index contributed by atoms with van der Waals surface area (Å²) in [5, 5.41) is 3.17. The minimum atomic E-state index is -0.315. The Hall–Kier alpha value is -1.16. The molecule has 3 nitrogen and oxygen atoms in total. The van der Waals surface area contributed by atoms with Crippen LogP contribution in [0.5, 0.6) is 0 Å². The summed E-state index contributed by atoms with van der Waals surface area (Å²) in [6.45, 7) is 2.75. The number of hydrogen-bond donors (Lipinski definition) is 2. The molecule has 4 heteroatoms. The maximum Gasteiger partial charge on any atom is 0.141 e. The summed E-state index contributed by atoms with van der Waals surface area (Å²) in [4.78, 5) is 3.91. The summed E-state index contributed by atoms with van der Waals surface area (Å²) in [7, 11) is 0. The molecule has 0 fully saturated rings. The van der Waals surface area contributed by atoms with Crippen molar-refractivity contribution in [2.45, 2.75) is 25.8 Å². The normalized spacial score (nSPS) is 12.5. The van der Waals surface area contributed by atoms with Gasteiger partial charge in [-0.05, 0) is 38.4 Å². The molecule has 0 aliphatic heterocycles. The second-order valence-electron chi connectivity index (χ2n) is 3.34. The van der Waals surface area contributed by atoms with Crippen molar-refractivity contribution >= 4 is 5.82 Å². The lowest BCUT2D eigenvalue weighted by atomic mass is 10.2. The smallest absolute Gasteiger partial charge is 0.141 e. The van der Waals surface area contributed by atoms with Crippen LogP contribution in [0.4, 0.5) is 10.2 Å². The van der Waals surface area contributed by atoms with Crippen molar-refractivity contribution in [3.63, 3.8) is 0 Å². The third-order valence-corrected chi connectivity index (χ3v) is 1.96. The minimum absolute atomic E-state index is 0.315. The zero-order chi connectivity index (χ0) is 10.4. The van der Waals surface area contributed by atoms with Crippen LogP contribution in [0.1, 0.15) is 19.8 Å². The number of rotatable bonds is 5. The second kappa shape index (κ2) is 5.54. The van der Waals surface area contributed by atoms with Crippen LogP contribution in [0.15, 0.2) is 18.3 Å². The molecule has 14 heavy (non-hydrogen) atoms. The lowest BCUT2D eigenvalue weighted by Gasteiger charge is -2.13. The van der Waals surface area contributed by atoms with Crippen LogP contribution < -0.4 is 11.1 Å². The number of anilines is 1. The Balaban J connectivity index is 2.39. The summed E-state index contributed by atoms with van der Waals surface area (Å²) < 4.78 is 12.5. The first-order valence-electron chi connectivity index (χ1n) is 4.80. The monoisotopic (exact) mass is 197 g/mol. The molecule has 0 saturated carbocycles. The molecule has 78 valence electrons. The lowest BCUT2D eigenvalue weighted by Crippen LogP contribution is -2.17. The number of nitrogens with zero attached hydrogens (tertiary/aromatic N) is 1. The van der Waals surface area contributed by atoms with Crippen molar-refractivity contribution in [1.82, 2.24) is 4.98 Å². The van der Waals surface area contributed by atoms with E-state index in [0.717, 1.165) is 12.8 Å². The van der Waals surface area contributed by atoms with Crippen LogP contribution in [0.25, 0.3) is 0 Å². The van der Waals surface area contributed by atoms with E-state index in [0.29, 0.717) is 18.4 Å². The van der Waals surface area contributed by atoms with Crippen molar-refractivity contribution in [3.05, 3.63) is 24.1 Å². The number of nitrogens with two attached hydrogens (primary N) is 1. The van der Waals surface area contributed by atoms with Crippen LogP contribution in [-0.2, 0) is 0 Å². The Morgan fingerprint density at radius 3 is 2.93 bits per heavy atom. The first kappa shape index (κ1) is 10.9. The van der Waals surface area contributed by atoms with E-state index in [1.54, 1.807) is 6.07 Å². The average molecular weight is 197 g/mol. The highest BCUT2D eigenvalue weighted by Gasteiger charge is 2.01. The Morgan fingerprint density at radius 2 is 2.36 bits per heavy atom. The predicted octanol–water partition coefficient (Wildman–Crippen LogP) is 1.76. The van der Waals surface area contributed by atoms with Crippen LogP contribution in [-0.4, -0.2) is 17.6 Å². The van der Waals surface area contributed by atoms with Crippen LogP contribution >= 0.6 is 0 Å². The van der Waals surface area contributed by atoms with Crippen molar-refractivity contribution < 1.29 is 4.39 Å². The van der Waals surface area contributed by atoms with E-state index in [4.69, 9.17) is 5.73 Å². The van der Waals surface area contributed by atoms with Gasteiger partial charge in [0.15, 0.2) is 0 Å². The molecule has 0 radical (unpaired) electrons. The Kier molecular flexibility index (Phi) is 4.32. The first-order valence-corrected chi connectivity index (χ1v) is 4.80. The van der Waals surface area contributed by atoms with Gasteiger partial charge in [0.05, 0.1) is 6.20 Å². The van der Waals surface area contributed by atoms with Crippen molar-refractivity contribution in [2.24, 2.45) is 5.73 Å². The molecule has 1 atom stereocenters. The van der Waals surface area contributed by atoms with Gasteiger partial charge in [-0.3, -0.25) is 0 Å². The third-order valence-electron chi connectivity index (χ3n) is 1.96. The van der Waals surface area contributed by atoms with Gasteiger partial charge in [-0.1, -0.05) is 0 Å². The molecule has 0 bridgehead atoms. The topological polar surface area (TPSA) is 50.9 Å². The summed E-state index contributed by atoms with van der Waals surface area (Å²) >= 11 is 0. The number of aromatic nitrogens is 1. The van der Waals surface area contributed by atoms with E-state index in [1.165, 1.54) is 12.3 Å². The Bertz CT molecular complexity index is 261. The Labute approximate surface area is 83.5 Å². The van der Waals surface area contributed by atoms with Gasteiger partial charge in [0, 0.05) is 6.04 Å². The van der Waals surface area contributed by atoms with E-state index in [1.807, 2.05) is 0 Å². The van der Waals surface area contributed by atoms with Crippen molar-refractivity contribution in [2.75, 3.05) is 11.9 Å². The molecule has 1 aromatic rings. The highest BCUT2D eigenvalue weighted by Crippen LogP contribution is 2.07. The predicted molar refractivity (Wildman–Crippen MR) is 55.6 cm³/mol. The van der Waals surface area contributed by atoms with Gasteiger partial charge in [0.2, 0.25) is 0 Å². The number of hydrogen-bond acceptors (Lipinski definition) is 3. The van der Waals surface area contributed by atoms with Gasteiger partial charge >= 0.3 is 0 Å². The number of halogens is 1.